The molecule has 2 heterocycles. The summed E-state index contributed by atoms with van der Waals surface area (Å²) in [6, 6.07) is -0.415. The molecule has 25 heavy (non-hydrogen) atoms. The van der Waals surface area contributed by atoms with Crippen LogP contribution in [0, 0.1) is 11.8 Å². The van der Waals surface area contributed by atoms with Gasteiger partial charge in [0.1, 0.15) is 6.10 Å². The van der Waals surface area contributed by atoms with Crippen molar-refractivity contribution in [2.24, 2.45) is 11.8 Å². The molecule has 2 saturated carbocycles. The number of hydrogen-bond donors (Lipinski definition) is 3. The maximum absolute atomic E-state index is 12.4. The molecule has 4 rings (SSSR count). The van der Waals surface area contributed by atoms with Crippen LogP contribution >= 0.6 is 0 Å². The minimum Gasteiger partial charge on any atom is -0.390 e. The molecule has 1 aromatic heterocycles. The smallest absolute Gasteiger partial charge is 0.223 e. The number of aliphatic hydroxyl groups is 2. The molecule has 0 aromatic carbocycles. The Morgan fingerprint density at radius 3 is 2.72 bits per heavy atom. The molecule has 138 valence electrons. The van der Waals surface area contributed by atoms with E-state index < -0.39 is 18.2 Å². The van der Waals surface area contributed by atoms with E-state index >= 15 is 0 Å². The molecule has 3 N–H and O–H groups in total. The Kier molecular flexibility index (Phi) is 4.75. The molecular formula is C17H26N4O4. The zero-order chi connectivity index (χ0) is 17.4. The number of hydrogen-bond acceptors (Lipinski definition) is 6. The summed E-state index contributed by atoms with van der Waals surface area (Å²) in [5.41, 5.74) is 1.01. The molecule has 3 fully saturated rings. The second kappa shape index (κ2) is 7.01. The lowest BCUT2D eigenvalue weighted by Gasteiger charge is -2.24. The van der Waals surface area contributed by atoms with Crippen LogP contribution in [-0.2, 0) is 16.1 Å². The fourth-order valence-electron chi connectivity index (χ4n) is 3.92. The van der Waals surface area contributed by atoms with E-state index in [1.54, 1.807) is 4.68 Å². The molecule has 0 bridgehead atoms. The van der Waals surface area contributed by atoms with Gasteiger partial charge in [0, 0.05) is 43.7 Å². The zero-order valence-electron chi connectivity index (χ0n) is 14.3. The molecule has 3 aliphatic rings. The van der Waals surface area contributed by atoms with Gasteiger partial charge in [-0.15, -0.1) is 5.10 Å². The van der Waals surface area contributed by atoms with Crippen molar-refractivity contribution in [2.75, 3.05) is 13.2 Å². The summed E-state index contributed by atoms with van der Waals surface area (Å²) in [5.74, 6) is 0.286. The molecule has 1 aromatic rings. The molecule has 1 saturated heterocycles. The maximum atomic E-state index is 12.4. The van der Waals surface area contributed by atoms with E-state index in [0.717, 1.165) is 5.69 Å². The van der Waals surface area contributed by atoms with Gasteiger partial charge in [-0.1, -0.05) is 5.21 Å². The van der Waals surface area contributed by atoms with Gasteiger partial charge in [0.15, 0.2) is 0 Å². The summed E-state index contributed by atoms with van der Waals surface area (Å²) in [5, 5.41) is 31.9. The minimum absolute atomic E-state index is 0.0445. The third-order valence-electron chi connectivity index (χ3n) is 5.70. The van der Waals surface area contributed by atoms with Crippen LogP contribution in [0.3, 0.4) is 0 Å². The van der Waals surface area contributed by atoms with Gasteiger partial charge in [-0.25, -0.2) is 0 Å². The molecule has 0 spiro atoms. The summed E-state index contributed by atoms with van der Waals surface area (Å²) in [6.45, 7) is 1.71. The van der Waals surface area contributed by atoms with Crippen LogP contribution in [0.1, 0.15) is 43.7 Å². The first-order chi connectivity index (χ1) is 12.1. The summed E-state index contributed by atoms with van der Waals surface area (Å²) in [7, 11) is 0. The van der Waals surface area contributed by atoms with Gasteiger partial charge in [-0.05, 0) is 32.1 Å². The number of carbonyl (C=O) groups excluding carboxylic acids is 1. The molecule has 8 nitrogen and oxygen atoms in total. The molecule has 4 atom stereocenters. The number of aliphatic hydroxyl groups excluding tert-OH is 2. The summed E-state index contributed by atoms with van der Waals surface area (Å²) >= 11 is 0. The third-order valence-corrected chi connectivity index (χ3v) is 5.70. The van der Waals surface area contributed by atoms with E-state index in [2.05, 4.69) is 15.6 Å². The third kappa shape index (κ3) is 3.70. The molecule has 1 amide bonds. The first kappa shape index (κ1) is 16.9. The van der Waals surface area contributed by atoms with Crippen LogP contribution in [0.2, 0.25) is 0 Å². The van der Waals surface area contributed by atoms with Gasteiger partial charge in [-0.2, -0.15) is 0 Å². The fraction of sp³-hybridized carbons (Fsp3) is 0.824. The second-order valence-electron chi connectivity index (χ2n) is 7.62. The largest absolute Gasteiger partial charge is 0.390 e. The lowest BCUT2D eigenvalue weighted by Crippen LogP contribution is -2.46. The van der Waals surface area contributed by atoms with Crippen molar-refractivity contribution in [3.05, 3.63) is 11.9 Å². The van der Waals surface area contributed by atoms with Crippen molar-refractivity contribution in [1.82, 2.24) is 20.3 Å². The Morgan fingerprint density at radius 2 is 2.00 bits per heavy atom. The summed E-state index contributed by atoms with van der Waals surface area (Å²) in [4.78, 5) is 12.4. The normalized spacial score (nSPS) is 33.5. The van der Waals surface area contributed by atoms with Crippen LogP contribution in [0.15, 0.2) is 6.20 Å². The predicted octanol–water partition coefficient (Wildman–Crippen LogP) is -0.191. The van der Waals surface area contributed by atoms with Gasteiger partial charge in [0.25, 0.3) is 0 Å². The van der Waals surface area contributed by atoms with Gasteiger partial charge >= 0.3 is 0 Å². The average molecular weight is 350 g/mol. The van der Waals surface area contributed by atoms with E-state index in [9.17, 15) is 15.0 Å². The Bertz CT molecular complexity index is 612. The molecule has 1 aliphatic heterocycles. The molecule has 8 heteroatoms. The number of rotatable bonds is 5. The molecule has 0 radical (unpaired) electrons. The summed E-state index contributed by atoms with van der Waals surface area (Å²) < 4.78 is 7.03. The Balaban J connectivity index is 1.33. The Morgan fingerprint density at radius 1 is 1.24 bits per heavy atom. The van der Waals surface area contributed by atoms with Crippen molar-refractivity contribution in [3.8, 4) is 0 Å². The van der Waals surface area contributed by atoms with Gasteiger partial charge in [-0.3, -0.25) is 9.48 Å². The van der Waals surface area contributed by atoms with E-state index in [1.807, 2.05) is 6.20 Å². The quantitative estimate of drug-likeness (QED) is 0.679. The number of ether oxygens (including phenoxy) is 1. The van der Waals surface area contributed by atoms with E-state index in [-0.39, 0.29) is 17.7 Å². The highest BCUT2D eigenvalue weighted by atomic mass is 16.5. The zero-order valence-corrected chi connectivity index (χ0v) is 14.3. The number of nitrogens with one attached hydrogen (secondary N) is 1. The minimum atomic E-state index is -0.944. The van der Waals surface area contributed by atoms with E-state index in [4.69, 9.17) is 4.74 Å². The van der Waals surface area contributed by atoms with Crippen molar-refractivity contribution in [2.45, 2.75) is 62.8 Å². The topological polar surface area (TPSA) is 110 Å². The van der Waals surface area contributed by atoms with E-state index in [0.29, 0.717) is 44.9 Å². The number of amides is 1. The highest BCUT2D eigenvalue weighted by Crippen LogP contribution is 2.38. The predicted molar refractivity (Wildman–Crippen MR) is 87.6 cm³/mol. The SMILES string of the molecule is O=C(N[C@@H]1C[C@H](Cn2cc(C3CC3)nn2)[C@@H](O)[C@H]1O)C1CCOCC1. The second-order valence-corrected chi connectivity index (χ2v) is 7.62. The number of aromatic nitrogens is 3. The molecule has 0 unspecified atom stereocenters. The lowest BCUT2D eigenvalue weighted by molar-refractivity contribution is -0.129. The fourth-order valence-corrected chi connectivity index (χ4v) is 3.92. The van der Waals surface area contributed by atoms with E-state index in [1.165, 1.54) is 12.8 Å². The van der Waals surface area contributed by atoms with Crippen molar-refractivity contribution in [1.29, 1.82) is 0 Å². The van der Waals surface area contributed by atoms with Gasteiger partial charge in [0.2, 0.25) is 5.91 Å². The van der Waals surface area contributed by atoms with Gasteiger partial charge < -0.3 is 20.3 Å². The highest BCUT2D eigenvalue weighted by Gasteiger charge is 2.43. The van der Waals surface area contributed by atoms with Crippen molar-refractivity contribution >= 4 is 5.91 Å². The van der Waals surface area contributed by atoms with Crippen LogP contribution in [0.25, 0.3) is 0 Å². The van der Waals surface area contributed by atoms with Gasteiger partial charge in [0.05, 0.1) is 17.8 Å². The monoisotopic (exact) mass is 350 g/mol. The lowest BCUT2D eigenvalue weighted by atomic mass is 9.98. The van der Waals surface area contributed by atoms with Crippen molar-refractivity contribution < 1.29 is 19.7 Å². The first-order valence-electron chi connectivity index (χ1n) is 9.26. The number of nitrogens with zero attached hydrogens (tertiary/aromatic N) is 3. The highest BCUT2D eigenvalue weighted by molar-refractivity contribution is 5.79. The Hall–Kier alpha value is -1.51. The first-order valence-corrected chi connectivity index (χ1v) is 9.26. The standard InChI is InChI=1S/C17H26N4O4/c22-15-12(8-21-9-14(19-20-21)10-1-2-10)7-13(16(15)23)18-17(24)11-3-5-25-6-4-11/h9-13,15-16,22-23H,1-8H2,(H,18,24)/t12-,13-,15-,16+/m1/s1. The van der Waals surface area contributed by atoms with Crippen LogP contribution in [0.4, 0.5) is 0 Å². The molecule has 2 aliphatic carbocycles. The van der Waals surface area contributed by atoms with Crippen LogP contribution in [-0.4, -0.2) is 62.6 Å². The van der Waals surface area contributed by atoms with Crippen LogP contribution in [0.5, 0.6) is 0 Å². The maximum Gasteiger partial charge on any atom is 0.223 e. The summed E-state index contributed by atoms with van der Waals surface area (Å²) in [6.07, 6.45) is 4.43. The number of carbonyl (C=O) groups is 1. The van der Waals surface area contributed by atoms with Crippen LogP contribution < -0.4 is 5.32 Å². The van der Waals surface area contributed by atoms with Crippen molar-refractivity contribution in [3.63, 3.8) is 0 Å². The average Bonchev–Trinajstić information content (AvgIpc) is 3.33. The molecular weight excluding hydrogens is 324 g/mol. The Labute approximate surface area is 146 Å².